The van der Waals surface area contributed by atoms with Crippen molar-refractivity contribution in [1.82, 2.24) is 0 Å². The van der Waals surface area contributed by atoms with Crippen molar-refractivity contribution < 1.29 is 20.5 Å². The van der Waals surface area contributed by atoms with Gasteiger partial charge < -0.3 is 14.8 Å². The van der Waals surface area contributed by atoms with Crippen LogP contribution in [0.25, 0.3) is 16.8 Å². The quantitative estimate of drug-likeness (QED) is 0.406. The first kappa shape index (κ1) is 18.2. The Morgan fingerprint density at radius 3 is 2.56 bits per heavy atom. The summed E-state index contributed by atoms with van der Waals surface area (Å²) >= 11 is 0. The molecule has 0 aliphatic heterocycles. The van der Waals surface area contributed by atoms with Crippen molar-refractivity contribution in [1.29, 1.82) is 0 Å². The number of ether oxygens (including phenoxy) is 2. The Balaban J connectivity index is 0.00000280. The van der Waals surface area contributed by atoms with Crippen molar-refractivity contribution in [3.8, 4) is 11.5 Å². The van der Waals surface area contributed by atoms with E-state index in [1.807, 2.05) is 42.5 Å². The highest BCUT2D eigenvalue weighted by molar-refractivity contribution is 6.07. The standard InChI is InChI=1S/C22H19NO4.H2/c1-15(24)27-21-14-16(10-12-20(21)26-2)11-13-22(25)23-19-9-5-7-17-6-3-4-8-18(17)19;/h3-14H,1-2H3,(H,23,25);1H/b13-11+;. The van der Waals surface area contributed by atoms with Gasteiger partial charge in [-0.3, -0.25) is 9.59 Å². The second-order valence-corrected chi connectivity index (χ2v) is 5.85. The van der Waals surface area contributed by atoms with Crippen LogP contribution in [0.4, 0.5) is 5.69 Å². The van der Waals surface area contributed by atoms with E-state index in [2.05, 4.69) is 5.32 Å². The molecule has 0 saturated carbocycles. The predicted molar refractivity (Wildman–Crippen MR) is 108 cm³/mol. The molecule has 0 aliphatic rings. The van der Waals surface area contributed by atoms with E-state index < -0.39 is 5.97 Å². The van der Waals surface area contributed by atoms with Crippen LogP contribution in [-0.2, 0) is 9.59 Å². The van der Waals surface area contributed by atoms with Gasteiger partial charge >= 0.3 is 5.97 Å². The molecular formula is C22H21NO4. The maximum absolute atomic E-state index is 12.3. The number of hydrogen-bond acceptors (Lipinski definition) is 4. The van der Waals surface area contributed by atoms with Gasteiger partial charge in [0.1, 0.15) is 0 Å². The Kier molecular flexibility index (Phi) is 5.52. The lowest BCUT2D eigenvalue weighted by atomic mass is 10.1. The van der Waals surface area contributed by atoms with Gasteiger partial charge in [0.2, 0.25) is 5.91 Å². The molecule has 0 unspecified atom stereocenters. The Morgan fingerprint density at radius 2 is 1.78 bits per heavy atom. The summed E-state index contributed by atoms with van der Waals surface area (Å²) in [6.07, 6.45) is 3.08. The minimum absolute atomic E-state index is 0. The number of hydrogen-bond donors (Lipinski definition) is 1. The maximum Gasteiger partial charge on any atom is 0.308 e. The monoisotopic (exact) mass is 363 g/mol. The SMILES string of the molecule is COc1ccc(/C=C/C(=O)Nc2cccc3ccccc23)cc1OC(C)=O.[HH]. The van der Waals surface area contributed by atoms with Crippen LogP contribution in [0, 0.1) is 0 Å². The van der Waals surface area contributed by atoms with Crippen molar-refractivity contribution in [2.24, 2.45) is 0 Å². The molecule has 0 spiro atoms. The molecule has 0 bridgehead atoms. The second kappa shape index (κ2) is 8.19. The molecule has 0 fully saturated rings. The fourth-order valence-electron chi connectivity index (χ4n) is 2.71. The highest BCUT2D eigenvalue weighted by Gasteiger charge is 2.08. The molecule has 0 aliphatic carbocycles. The van der Waals surface area contributed by atoms with Crippen molar-refractivity contribution in [3.05, 3.63) is 72.3 Å². The number of fused-ring (bicyclic) bond motifs is 1. The molecule has 138 valence electrons. The third-order valence-corrected chi connectivity index (χ3v) is 3.92. The third-order valence-electron chi connectivity index (χ3n) is 3.92. The minimum atomic E-state index is -0.442. The summed E-state index contributed by atoms with van der Waals surface area (Å²) in [7, 11) is 1.50. The zero-order chi connectivity index (χ0) is 19.2. The van der Waals surface area contributed by atoms with Crippen molar-refractivity contribution in [2.75, 3.05) is 12.4 Å². The Morgan fingerprint density at radius 1 is 1.00 bits per heavy atom. The number of amides is 1. The Hall–Kier alpha value is -3.60. The first-order valence-corrected chi connectivity index (χ1v) is 8.40. The second-order valence-electron chi connectivity index (χ2n) is 5.85. The van der Waals surface area contributed by atoms with Crippen LogP contribution in [0.3, 0.4) is 0 Å². The fourth-order valence-corrected chi connectivity index (χ4v) is 2.71. The zero-order valence-corrected chi connectivity index (χ0v) is 15.1. The molecule has 5 heteroatoms. The average Bonchev–Trinajstić information content (AvgIpc) is 2.66. The van der Waals surface area contributed by atoms with Crippen LogP contribution >= 0.6 is 0 Å². The number of carbonyl (C=O) groups excluding carboxylic acids is 2. The molecule has 27 heavy (non-hydrogen) atoms. The summed E-state index contributed by atoms with van der Waals surface area (Å²) in [6.45, 7) is 1.32. The summed E-state index contributed by atoms with van der Waals surface area (Å²) in [4.78, 5) is 23.5. The molecule has 0 aromatic heterocycles. The highest BCUT2D eigenvalue weighted by Crippen LogP contribution is 2.29. The van der Waals surface area contributed by atoms with Gasteiger partial charge in [0.05, 0.1) is 7.11 Å². The van der Waals surface area contributed by atoms with Gasteiger partial charge in [0.25, 0.3) is 0 Å². The molecule has 3 aromatic carbocycles. The number of benzene rings is 3. The van der Waals surface area contributed by atoms with Crippen LogP contribution in [0.15, 0.2) is 66.7 Å². The minimum Gasteiger partial charge on any atom is -0.493 e. The van der Waals surface area contributed by atoms with Gasteiger partial charge in [-0.2, -0.15) is 0 Å². The summed E-state index contributed by atoms with van der Waals surface area (Å²) in [5.74, 6) is 0.0588. The van der Waals surface area contributed by atoms with E-state index in [0.717, 1.165) is 16.5 Å². The van der Waals surface area contributed by atoms with Crippen molar-refractivity contribution >= 4 is 34.4 Å². The van der Waals surface area contributed by atoms with Crippen LogP contribution in [0.5, 0.6) is 11.5 Å². The number of methoxy groups -OCH3 is 1. The van der Waals surface area contributed by atoms with E-state index >= 15 is 0 Å². The van der Waals surface area contributed by atoms with Gasteiger partial charge in [-0.1, -0.05) is 42.5 Å². The molecule has 1 amide bonds. The zero-order valence-electron chi connectivity index (χ0n) is 15.1. The average molecular weight is 363 g/mol. The summed E-state index contributed by atoms with van der Waals surface area (Å²) < 4.78 is 10.3. The first-order chi connectivity index (χ1) is 13.1. The van der Waals surface area contributed by atoms with Gasteiger partial charge in [-0.05, 0) is 35.2 Å². The first-order valence-electron chi connectivity index (χ1n) is 8.40. The van der Waals surface area contributed by atoms with Gasteiger partial charge in [-0.15, -0.1) is 0 Å². The third kappa shape index (κ3) is 4.52. The van der Waals surface area contributed by atoms with Crippen LogP contribution in [-0.4, -0.2) is 19.0 Å². The predicted octanol–water partition coefficient (Wildman–Crippen LogP) is 4.67. The van der Waals surface area contributed by atoms with E-state index in [9.17, 15) is 9.59 Å². The summed E-state index contributed by atoms with van der Waals surface area (Å²) in [5.41, 5.74) is 1.46. The summed E-state index contributed by atoms with van der Waals surface area (Å²) in [5, 5.41) is 4.92. The van der Waals surface area contributed by atoms with Crippen LogP contribution < -0.4 is 14.8 Å². The van der Waals surface area contributed by atoms with Crippen molar-refractivity contribution in [3.63, 3.8) is 0 Å². The van der Waals surface area contributed by atoms with Crippen LogP contribution in [0.2, 0.25) is 0 Å². The molecule has 3 aromatic rings. The molecule has 3 rings (SSSR count). The van der Waals surface area contributed by atoms with E-state index in [1.165, 1.54) is 20.1 Å². The van der Waals surface area contributed by atoms with E-state index in [1.54, 1.807) is 24.3 Å². The number of rotatable bonds is 5. The Labute approximate surface area is 158 Å². The molecule has 0 radical (unpaired) electrons. The largest absolute Gasteiger partial charge is 0.493 e. The van der Waals surface area contributed by atoms with Gasteiger partial charge in [-0.25, -0.2) is 0 Å². The lowest BCUT2D eigenvalue weighted by Crippen LogP contribution is -2.08. The molecule has 0 heterocycles. The van der Waals surface area contributed by atoms with E-state index in [0.29, 0.717) is 17.1 Å². The fraction of sp³-hybridized carbons (Fsp3) is 0.0909. The number of nitrogens with one attached hydrogen (secondary N) is 1. The Bertz CT molecular complexity index is 1020. The van der Waals surface area contributed by atoms with E-state index in [-0.39, 0.29) is 7.33 Å². The molecule has 0 saturated heterocycles. The normalized spacial score (nSPS) is 10.7. The molecule has 0 atom stereocenters. The van der Waals surface area contributed by atoms with E-state index in [4.69, 9.17) is 9.47 Å². The lowest BCUT2D eigenvalue weighted by molar-refractivity contribution is -0.132. The van der Waals surface area contributed by atoms with Crippen LogP contribution in [0.1, 0.15) is 13.9 Å². The highest BCUT2D eigenvalue weighted by atomic mass is 16.6. The number of carbonyl (C=O) groups is 2. The smallest absolute Gasteiger partial charge is 0.308 e. The van der Waals surface area contributed by atoms with Gasteiger partial charge in [0.15, 0.2) is 11.5 Å². The van der Waals surface area contributed by atoms with Crippen molar-refractivity contribution in [2.45, 2.75) is 6.92 Å². The topological polar surface area (TPSA) is 64.6 Å². The summed E-state index contributed by atoms with van der Waals surface area (Å²) in [6, 6.07) is 18.7. The molecule has 5 nitrogen and oxygen atoms in total. The molecule has 1 N–H and O–H groups in total. The number of anilines is 1. The molecular weight excluding hydrogens is 342 g/mol. The van der Waals surface area contributed by atoms with Gasteiger partial charge in [0, 0.05) is 25.5 Å². The lowest BCUT2D eigenvalue weighted by Gasteiger charge is -2.09. The number of esters is 1. The maximum atomic E-state index is 12.3.